The minimum Gasteiger partial charge on any atom is -0.306 e. The van der Waals surface area contributed by atoms with Gasteiger partial charge in [-0.2, -0.15) is 0 Å². The Balaban J connectivity index is 2.34. The highest BCUT2D eigenvalue weighted by Gasteiger charge is 2.17. The topological polar surface area (TPSA) is 24.9 Å². The number of rotatable bonds is 4. The first-order chi connectivity index (χ1) is 9.91. The Hall–Kier alpha value is -1.74. The lowest BCUT2D eigenvalue weighted by atomic mass is 9.86. The summed E-state index contributed by atoms with van der Waals surface area (Å²) in [6.45, 7) is 9.44. The predicted octanol–water partition coefficient (Wildman–Crippen LogP) is 4.22. The maximum atomic E-state index is 13.4. The normalized spacial score (nSPS) is 13.2. The fourth-order valence-corrected chi connectivity index (χ4v) is 2.39. The summed E-state index contributed by atoms with van der Waals surface area (Å²) < 4.78 is 13.4. The molecule has 1 aromatic heterocycles. The van der Waals surface area contributed by atoms with Gasteiger partial charge < -0.3 is 5.32 Å². The standard InChI is InChI=1S/C18H23FN2/c1-5-21-17(14-10-16(19)12-20-11-14)13-6-8-15(9-7-13)18(2,3)4/h6-12,17,21H,5H2,1-4H3. The highest BCUT2D eigenvalue weighted by Crippen LogP contribution is 2.26. The molecule has 0 aliphatic carbocycles. The van der Waals surface area contributed by atoms with Gasteiger partial charge in [-0.25, -0.2) is 4.39 Å². The summed E-state index contributed by atoms with van der Waals surface area (Å²) in [6.07, 6.45) is 2.95. The molecule has 0 aliphatic heterocycles. The SMILES string of the molecule is CCNC(c1ccc(C(C)(C)C)cc1)c1cncc(F)c1. The van der Waals surface area contributed by atoms with Crippen LogP contribution in [-0.4, -0.2) is 11.5 Å². The van der Waals surface area contributed by atoms with E-state index in [2.05, 4.69) is 55.3 Å². The maximum Gasteiger partial charge on any atom is 0.141 e. The summed E-state index contributed by atoms with van der Waals surface area (Å²) in [5.74, 6) is -0.304. The number of benzene rings is 1. The van der Waals surface area contributed by atoms with Gasteiger partial charge in [0, 0.05) is 6.20 Å². The van der Waals surface area contributed by atoms with E-state index in [-0.39, 0.29) is 17.3 Å². The summed E-state index contributed by atoms with van der Waals surface area (Å²) in [6, 6.07) is 10.0. The molecular formula is C18H23FN2. The van der Waals surface area contributed by atoms with Crippen LogP contribution >= 0.6 is 0 Å². The van der Waals surface area contributed by atoms with Gasteiger partial charge in [0.15, 0.2) is 0 Å². The monoisotopic (exact) mass is 286 g/mol. The Labute approximate surface area is 126 Å². The van der Waals surface area contributed by atoms with Crippen molar-refractivity contribution in [3.8, 4) is 0 Å². The van der Waals surface area contributed by atoms with Gasteiger partial charge in [0.25, 0.3) is 0 Å². The smallest absolute Gasteiger partial charge is 0.141 e. The fraction of sp³-hybridized carbons (Fsp3) is 0.389. The Morgan fingerprint density at radius 2 is 1.76 bits per heavy atom. The average Bonchev–Trinajstić information content (AvgIpc) is 2.44. The maximum absolute atomic E-state index is 13.4. The molecule has 0 bridgehead atoms. The molecule has 1 heterocycles. The number of nitrogens with zero attached hydrogens (tertiary/aromatic N) is 1. The number of hydrogen-bond donors (Lipinski definition) is 1. The van der Waals surface area contributed by atoms with Crippen LogP contribution < -0.4 is 5.32 Å². The van der Waals surface area contributed by atoms with Gasteiger partial charge in [0.1, 0.15) is 5.82 Å². The number of pyridine rings is 1. The quantitative estimate of drug-likeness (QED) is 0.910. The molecule has 0 amide bonds. The Kier molecular flexibility index (Phi) is 4.73. The first-order valence-corrected chi connectivity index (χ1v) is 7.36. The van der Waals surface area contributed by atoms with E-state index in [1.165, 1.54) is 17.8 Å². The Morgan fingerprint density at radius 1 is 1.10 bits per heavy atom. The molecule has 3 heteroatoms. The van der Waals surface area contributed by atoms with Gasteiger partial charge in [0.2, 0.25) is 0 Å². The van der Waals surface area contributed by atoms with Gasteiger partial charge in [-0.05, 0) is 34.7 Å². The van der Waals surface area contributed by atoms with Gasteiger partial charge in [-0.15, -0.1) is 0 Å². The van der Waals surface area contributed by atoms with Crippen molar-refractivity contribution >= 4 is 0 Å². The first-order valence-electron chi connectivity index (χ1n) is 7.36. The van der Waals surface area contributed by atoms with Crippen LogP contribution in [0, 0.1) is 5.82 Å². The molecule has 21 heavy (non-hydrogen) atoms. The highest BCUT2D eigenvalue weighted by atomic mass is 19.1. The van der Waals surface area contributed by atoms with Crippen molar-refractivity contribution in [2.45, 2.75) is 39.2 Å². The van der Waals surface area contributed by atoms with Crippen LogP contribution in [0.15, 0.2) is 42.7 Å². The van der Waals surface area contributed by atoms with E-state index in [9.17, 15) is 4.39 Å². The van der Waals surface area contributed by atoms with Crippen LogP contribution in [0.3, 0.4) is 0 Å². The van der Waals surface area contributed by atoms with Crippen molar-refractivity contribution in [2.75, 3.05) is 6.54 Å². The summed E-state index contributed by atoms with van der Waals surface area (Å²) >= 11 is 0. The molecular weight excluding hydrogens is 263 g/mol. The molecule has 0 radical (unpaired) electrons. The van der Waals surface area contributed by atoms with Crippen LogP contribution in [0.2, 0.25) is 0 Å². The van der Waals surface area contributed by atoms with Crippen molar-refractivity contribution in [1.82, 2.24) is 10.3 Å². The largest absolute Gasteiger partial charge is 0.306 e. The molecule has 0 saturated heterocycles. The van der Waals surface area contributed by atoms with Crippen molar-refractivity contribution in [3.63, 3.8) is 0 Å². The second-order valence-corrected chi connectivity index (χ2v) is 6.30. The van der Waals surface area contributed by atoms with E-state index in [4.69, 9.17) is 0 Å². The minimum atomic E-state index is -0.304. The second-order valence-electron chi connectivity index (χ2n) is 6.30. The molecule has 1 atom stereocenters. The minimum absolute atomic E-state index is 0.0350. The van der Waals surface area contributed by atoms with Crippen LogP contribution in [0.25, 0.3) is 0 Å². The lowest BCUT2D eigenvalue weighted by Gasteiger charge is -2.22. The molecule has 2 nitrogen and oxygen atoms in total. The summed E-state index contributed by atoms with van der Waals surface area (Å²) in [7, 11) is 0. The van der Waals surface area contributed by atoms with Gasteiger partial charge in [0.05, 0.1) is 12.2 Å². The Bertz CT molecular complexity index is 585. The lowest BCUT2D eigenvalue weighted by molar-refractivity contribution is 0.585. The van der Waals surface area contributed by atoms with E-state index < -0.39 is 0 Å². The summed E-state index contributed by atoms with van der Waals surface area (Å²) in [5, 5.41) is 3.39. The molecule has 0 saturated carbocycles. The number of hydrogen-bond acceptors (Lipinski definition) is 2. The van der Waals surface area contributed by atoms with E-state index in [0.717, 1.165) is 17.7 Å². The van der Waals surface area contributed by atoms with E-state index in [0.29, 0.717) is 0 Å². The van der Waals surface area contributed by atoms with Gasteiger partial charge in [-0.1, -0.05) is 52.0 Å². The summed E-state index contributed by atoms with van der Waals surface area (Å²) in [4.78, 5) is 3.95. The van der Waals surface area contributed by atoms with Crippen molar-refractivity contribution in [1.29, 1.82) is 0 Å². The van der Waals surface area contributed by atoms with Crippen LogP contribution in [0.5, 0.6) is 0 Å². The van der Waals surface area contributed by atoms with E-state index in [1.54, 1.807) is 6.20 Å². The third kappa shape index (κ3) is 3.88. The van der Waals surface area contributed by atoms with E-state index in [1.807, 2.05) is 6.92 Å². The van der Waals surface area contributed by atoms with E-state index >= 15 is 0 Å². The lowest BCUT2D eigenvalue weighted by Crippen LogP contribution is -2.22. The predicted molar refractivity (Wildman–Crippen MR) is 84.9 cm³/mol. The van der Waals surface area contributed by atoms with Crippen molar-refractivity contribution < 1.29 is 4.39 Å². The van der Waals surface area contributed by atoms with Crippen molar-refractivity contribution in [3.05, 3.63) is 65.2 Å². The van der Waals surface area contributed by atoms with Crippen LogP contribution in [-0.2, 0) is 5.41 Å². The average molecular weight is 286 g/mol. The molecule has 2 rings (SSSR count). The number of nitrogens with one attached hydrogen (secondary N) is 1. The second kappa shape index (κ2) is 6.35. The van der Waals surface area contributed by atoms with Crippen molar-refractivity contribution in [2.24, 2.45) is 0 Å². The Morgan fingerprint density at radius 3 is 2.29 bits per heavy atom. The third-order valence-electron chi connectivity index (χ3n) is 3.58. The molecule has 1 N–H and O–H groups in total. The fourth-order valence-electron chi connectivity index (χ4n) is 2.39. The number of halogens is 1. The van der Waals surface area contributed by atoms with Crippen LogP contribution in [0.1, 0.15) is 50.4 Å². The molecule has 112 valence electrons. The zero-order valence-corrected chi connectivity index (χ0v) is 13.2. The van der Waals surface area contributed by atoms with Gasteiger partial charge in [-0.3, -0.25) is 4.98 Å². The highest BCUT2D eigenvalue weighted by molar-refractivity contribution is 5.34. The molecule has 0 spiro atoms. The summed E-state index contributed by atoms with van der Waals surface area (Å²) in [5.41, 5.74) is 3.39. The third-order valence-corrected chi connectivity index (χ3v) is 3.58. The molecule has 1 unspecified atom stereocenters. The zero-order chi connectivity index (χ0) is 15.5. The first kappa shape index (κ1) is 15.6. The zero-order valence-electron chi connectivity index (χ0n) is 13.2. The van der Waals surface area contributed by atoms with Crippen LogP contribution in [0.4, 0.5) is 4.39 Å². The molecule has 1 aromatic carbocycles. The number of aromatic nitrogens is 1. The molecule has 0 fully saturated rings. The molecule has 2 aromatic rings. The molecule has 0 aliphatic rings. The van der Waals surface area contributed by atoms with Gasteiger partial charge >= 0.3 is 0 Å².